The molecule has 0 aromatic rings. The Kier molecular flexibility index (Phi) is 5.16. The van der Waals surface area contributed by atoms with Gasteiger partial charge in [0.15, 0.2) is 0 Å². The zero-order valence-electron chi connectivity index (χ0n) is 7.60. The van der Waals surface area contributed by atoms with Crippen molar-refractivity contribution in [1.29, 1.82) is 0 Å². The molecule has 0 spiro atoms. The van der Waals surface area contributed by atoms with Crippen LogP contribution < -0.4 is 5.73 Å². The van der Waals surface area contributed by atoms with Gasteiger partial charge in [-0.15, -0.1) is 0 Å². The van der Waals surface area contributed by atoms with E-state index in [2.05, 4.69) is 6.58 Å². The third-order valence-corrected chi connectivity index (χ3v) is 1.51. The number of imide groups is 1. The third-order valence-electron chi connectivity index (χ3n) is 1.51. The molecule has 0 atom stereocenters. The fraction of sp³-hybridized carbons (Fsp3) is 0.375. The van der Waals surface area contributed by atoms with Crippen LogP contribution in [0.5, 0.6) is 0 Å². The minimum Gasteiger partial charge on any atom is -0.478 e. The molecular formula is C8H12N2O4. The Morgan fingerprint density at radius 3 is 2.00 bits per heavy atom. The molecule has 6 heteroatoms. The zero-order chi connectivity index (χ0) is 11.1. The van der Waals surface area contributed by atoms with E-state index in [1.54, 1.807) is 0 Å². The lowest BCUT2D eigenvalue weighted by molar-refractivity contribution is -0.138. The lowest BCUT2D eigenvalue weighted by atomic mass is 10.4. The highest BCUT2D eigenvalue weighted by molar-refractivity contribution is 6.01. The minimum absolute atomic E-state index is 0.0255. The van der Waals surface area contributed by atoms with Crippen molar-refractivity contribution in [1.82, 2.24) is 4.90 Å². The van der Waals surface area contributed by atoms with Gasteiger partial charge in [0, 0.05) is 18.9 Å². The third kappa shape index (κ3) is 3.81. The number of amides is 2. The Labute approximate surface area is 81.0 Å². The van der Waals surface area contributed by atoms with Crippen LogP contribution in [0.3, 0.4) is 0 Å². The number of likely N-dealkylation sites (tertiary alicyclic amines) is 1. The number of carboxylic acids is 1. The molecule has 1 saturated heterocycles. The molecule has 1 fully saturated rings. The summed E-state index contributed by atoms with van der Waals surface area (Å²) in [6, 6.07) is 0. The highest BCUT2D eigenvalue weighted by Gasteiger charge is 2.26. The number of carboxylic acid groups (broad SMARTS) is 1. The molecule has 0 aliphatic carbocycles. The lowest BCUT2D eigenvalue weighted by Crippen LogP contribution is -2.34. The van der Waals surface area contributed by atoms with Gasteiger partial charge in [-0.2, -0.15) is 0 Å². The van der Waals surface area contributed by atoms with Crippen LogP contribution in [0.4, 0.5) is 0 Å². The summed E-state index contributed by atoms with van der Waals surface area (Å²) in [6.07, 6.45) is 1.49. The number of aliphatic carboxylic acids is 1. The Bertz CT molecular complexity index is 246. The molecule has 0 radical (unpaired) electrons. The van der Waals surface area contributed by atoms with Gasteiger partial charge in [0.05, 0.1) is 6.67 Å². The highest BCUT2D eigenvalue weighted by atomic mass is 16.4. The molecule has 78 valence electrons. The van der Waals surface area contributed by atoms with Gasteiger partial charge >= 0.3 is 5.97 Å². The van der Waals surface area contributed by atoms with Crippen molar-refractivity contribution < 1.29 is 19.5 Å². The van der Waals surface area contributed by atoms with Gasteiger partial charge < -0.3 is 10.8 Å². The van der Waals surface area contributed by atoms with Crippen molar-refractivity contribution in [3.63, 3.8) is 0 Å². The van der Waals surface area contributed by atoms with Crippen LogP contribution in [0.25, 0.3) is 0 Å². The first kappa shape index (κ1) is 12.3. The largest absolute Gasteiger partial charge is 0.478 e. The van der Waals surface area contributed by atoms with Gasteiger partial charge in [-0.1, -0.05) is 6.58 Å². The van der Waals surface area contributed by atoms with Crippen LogP contribution in [-0.2, 0) is 14.4 Å². The molecular weight excluding hydrogens is 188 g/mol. The molecule has 1 heterocycles. The van der Waals surface area contributed by atoms with E-state index in [4.69, 9.17) is 10.8 Å². The number of nitrogens with two attached hydrogens (primary N) is 1. The minimum atomic E-state index is -0.981. The smallest absolute Gasteiger partial charge is 0.327 e. The van der Waals surface area contributed by atoms with E-state index in [0.717, 1.165) is 11.0 Å². The van der Waals surface area contributed by atoms with E-state index in [1.165, 1.54) is 0 Å². The molecule has 14 heavy (non-hydrogen) atoms. The first-order chi connectivity index (χ1) is 6.52. The summed E-state index contributed by atoms with van der Waals surface area (Å²) in [6.45, 7) is 2.99. The predicted molar refractivity (Wildman–Crippen MR) is 48.0 cm³/mol. The number of hydrogen-bond acceptors (Lipinski definition) is 4. The molecule has 3 N–H and O–H groups in total. The van der Waals surface area contributed by atoms with Gasteiger partial charge in [0.1, 0.15) is 0 Å². The molecule has 2 amide bonds. The van der Waals surface area contributed by atoms with Crippen LogP contribution >= 0.6 is 0 Å². The monoisotopic (exact) mass is 200 g/mol. The first-order valence-corrected chi connectivity index (χ1v) is 3.91. The topological polar surface area (TPSA) is 101 Å². The average Bonchev–Trinajstić information content (AvgIpc) is 2.47. The van der Waals surface area contributed by atoms with Crippen molar-refractivity contribution >= 4 is 17.8 Å². The normalized spacial score (nSPS) is 14.8. The number of rotatable bonds is 2. The number of hydrogen-bond donors (Lipinski definition) is 2. The standard InChI is InChI=1S/C5H8N2O2.C3H4O2/c6-3-7-4(8)1-2-5(7)9;1-2-3(4)5/h1-3,6H2;2H,1H2,(H,4,5). The maximum absolute atomic E-state index is 10.6. The van der Waals surface area contributed by atoms with Crippen molar-refractivity contribution in [3.05, 3.63) is 12.7 Å². The molecule has 6 nitrogen and oxygen atoms in total. The predicted octanol–water partition coefficient (Wildman–Crippen LogP) is -0.691. The van der Waals surface area contributed by atoms with Crippen LogP contribution in [0.2, 0.25) is 0 Å². The molecule has 1 aliphatic heterocycles. The van der Waals surface area contributed by atoms with Crippen molar-refractivity contribution in [3.8, 4) is 0 Å². The van der Waals surface area contributed by atoms with Gasteiger partial charge in [-0.05, 0) is 0 Å². The second kappa shape index (κ2) is 5.87. The Hall–Kier alpha value is -1.69. The first-order valence-electron chi connectivity index (χ1n) is 3.91. The van der Waals surface area contributed by atoms with Gasteiger partial charge in [-0.25, -0.2) is 4.79 Å². The molecule has 0 unspecified atom stereocenters. The molecule has 0 bridgehead atoms. The summed E-state index contributed by atoms with van der Waals surface area (Å²) in [5, 5.41) is 7.60. The van der Waals surface area contributed by atoms with Crippen molar-refractivity contribution in [2.45, 2.75) is 12.8 Å². The number of carbonyl (C=O) groups excluding carboxylic acids is 2. The second-order valence-corrected chi connectivity index (χ2v) is 2.44. The Morgan fingerprint density at radius 2 is 1.86 bits per heavy atom. The number of nitrogens with zero attached hydrogens (tertiary/aromatic N) is 1. The van der Waals surface area contributed by atoms with E-state index >= 15 is 0 Å². The summed E-state index contributed by atoms with van der Waals surface area (Å²) in [5.41, 5.74) is 5.10. The van der Waals surface area contributed by atoms with Gasteiger partial charge in [-0.3, -0.25) is 14.5 Å². The SMILES string of the molecule is C=CC(=O)O.NCN1C(=O)CCC1=O. The summed E-state index contributed by atoms with van der Waals surface area (Å²) in [4.78, 5) is 31.6. The van der Waals surface area contributed by atoms with Crippen LogP contribution in [0.1, 0.15) is 12.8 Å². The maximum atomic E-state index is 10.6. The zero-order valence-corrected chi connectivity index (χ0v) is 7.60. The van der Waals surface area contributed by atoms with Gasteiger partial charge in [0.2, 0.25) is 11.8 Å². The molecule has 1 aliphatic rings. The van der Waals surface area contributed by atoms with Gasteiger partial charge in [0.25, 0.3) is 0 Å². The fourth-order valence-electron chi connectivity index (χ4n) is 0.827. The summed E-state index contributed by atoms with van der Waals surface area (Å²) in [7, 11) is 0. The fourth-order valence-corrected chi connectivity index (χ4v) is 0.827. The molecule has 0 aromatic heterocycles. The molecule has 1 rings (SSSR count). The van der Waals surface area contributed by atoms with E-state index in [0.29, 0.717) is 12.8 Å². The lowest BCUT2D eigenvalue weighted by Gasteiger charge is -2.07. The Balaban J connectivity index is 0.000000292. The summed E-state index contributed by atoms with van der Waals surface area (Å²) in [5.74, 6) is -1.28. The number of carbonyl (C=O) groups is 3. The quantitative estimate of drug-likeness (QED) is 0.453. The second-order valence-electron chi connectivity index (χ2n) is 2.44. The van der Waals surface area contributed by atoms with E-state index < -0.39 is 5.97 Å². The molecule has 0 aromatic carbocycles. The highest BCUT2D eigenvalue weighted by Crippen LogP contribution is 2.08. The van der Waals surface area contributed by atoms with Crippen LogP contribution in [0, 0.1) is 0 Å². The van der Waals surface area contributed by atoms with Crippen LogP contribution in [0.15, 0.2) is 12.7 Å². The average molecular weight is 200 g/mol. The summed E-state index contributed by atoms with van der Waals surface area (Å²) >= 11 is 0. The Morgan fingerprint density at radius 1 is 1.50 bits per heavy atom. The van der Waals surface area contributed by atoms with Crippen LogP contribution in [-0.4, -0.2) is 34.5 Å². The van der Waals surface area contributed by atoms with E-state index in [-0.39, 0.29) is 18.5 Å². The van der Waals surface area contributed by atoms with Crippen molar-refractivity contribution in [2.24, 2.45) is 5.73 Å². The van der Waals surface area contributed by atoms with E-state index in [1.807, 2.05) is 0 Å². The molecule has 0 saturated carbocycles. The maximum Gasteiger partial charge on any atom is 0.327 e. The van der Waals surface area contributed by atoms with E-state index in [9.17, 15) is 14.4 Å². The summed E-state index contributed by atoms with van der Waals surface area (Å²) < 4.78 is 0. The van der Waals surface area contributed by atoms with Crippen molar-refractivity contribution in [2.75, 3.05) is 6.67 Å².